The monoisotopic (exact) mass is 436 g/mol. The highest BCUT2D eigenvalue weighted by Gasteiger charge is 2.41. The number of rotatable bonds is 5. The van der Waals surface area contributed by atoms with Gasteiger partial charge in [-0.25, -0.2) is 5.43 Å². The fourth-order valence-electron chi connectivity index (χ4n) is 3.64. The van der Waals surface area contributed by atoms with Crippen molar-refractivity contribution in [3.63, 3.8) is 0 Å². The van der Waals surface area contributed by atoms with E-state index in [1.54, 1.807) is 0 Å². The topological polar surface area (TPSA) is 91.5 Å². The molecule has 4 atom stereocenters. The highest BCUT2D eigenvalue weighted by molar-refractivity contribution is 5.85. The second-order valence-electron chi connectivity index (χ2n) is 6.99. The van der Waals surface area contributed by atoms with Gasteiger partial charge in [0.2, 0.25) is 5.91 Å². The second kappa shape index (κ2) is 9.75. The normalized spacial score (nSPS) is 24.8. The van der Waals surface area contributed by atoms with Crippen LogP contribution in [0.1, 0.15) is 30.0 Å². The van der Waals surface area contributed by atoms with Crippen molar-refractivity contribution in [1.29, 1.82) is 0 Å². The van der Waals surface area contributed by atoms with E-state index >= 15 is 0 Å². The molecule has 0 aliphatic carbocycles. The van der Waals surface area contributed by atoms with Crippen molar-refractivity contribution in [2.75, 3.05) is 20.2 Å². The van der Waals surface area contributed by atoms with E-state index in [9.17, 15) is 22.8 Å². The lowest BCUT2D eigenvalue weighted by Crippen LogP contribution is -2.50. The molecule has 2 aliphatic heterocycles. The number of halogens is 4. The van der Waals surface area contributed by atoms with Gasteiger partial charge in [-0.2, -0.15) is 13.2 Å². The molecule has 1 amide bonds. The molecule has 0 saturated carbocycles. The van der Waals surface area contributed by atoms with Crippen LogP contribution in [0.25, 0.3) is 0 Å². The van der Waals surface area contributed by atoms with Gasteiger partial charge in [-0.05, 0) is 30.7 Å². The Bertz CT molecular complexity index is 717. The molecule has 2 saturated heterocycles. The van der Waals surface area contributed by atoms with Crippen LogP contribution in [0.4, 0.5) is 13.2 Å². The Balaban J connectivity index is 0.00000300. The van der Waals surface area contributed by atoms with Crippen molar-refractivity contribution in [3.8, 4) is 0 Å². The number of hydrazine groups is 1. The molecular formula is C18H24ClF3N4O3. The van der Waals surface area contributed by atoms with E-state index in [2.05, 4.69) is 26.2 Å². The average molecular weight is 437 g/mol. The van der Waals surface area contributed by atoms with Gasteiger partial charge < -0.3 is 15.4 Å². The molecule has 0 bridgehead atoms. The zero-order chi connectivity index (χ0) is 20.3. The van der Waals surface area contributed by atoms with Gasteiger partial charge in [-0.3, -0.25) is 15.0 Å². The molecule has 2 heterocycles. The maximum absolute atomic E-state index is 12.8. The number of esters is 1. The molecule has 29 heavy (non-hydrogen) atoms. The molecule has 4 unspecified atom stereocenters. The first-order chi connectivity index (χ1) is 13.3. The molecular weight excluding hydrogens is 413 g/mol. The predicted octanol–water partition coefficient (Wildman–Crippen LogP) is 1.30. The third-order valence-corrected chi connectivity index (χ3v) is 5.22. The van der Waals surface area contributed by atoms with Crippen molar-refractivity contribution < 1.29 is 27.5 Å². The number of alkyl halides is 3. The van der Waals surface area contributed by atoms with Crippen LogP contribution >= 0.6 is 12.4 Å². The molecule has 1 aromatic carbocycles. The number of amides is 1. The number of piperidine rings is 1. The Labute approximate surface area is 172 Å². The molecule has 1 aromatic rings. The molecule has 11 heteroatoms. The van der Waals surface area contributed by atoms with E-state index in [1.807, 2.05) is 0 Å². The summed E-state index contributed by atoms with van der Waals surface area (Å²) in [6.45, 7) is 1.53. The number of ether oxygens (including phenoxy) is 1. The third-order valence-electron chi connectivity index (χ3n) is 5.22. The summed E-state index contributed by atoms with van der Waals surface area (Å²) < 4.78 is 43.0. The van der Waals surface area contributed by atoms with E-state index in [0.717, 1.165) is 25.1 Å². The van der Waals surface area contributed by atoms with Gasteiger partial charge in [0.1, 0.15) is 6.04 Å². The molecule has 4 N–H and O–H groups in total. The number of hydrogen-bond acceptors (Lipinski definition) is 6. The van der Waals surface area contributed by atoms with Crippen molar-refractivity contribution in [1.82, 2.24) is 21.5 Å². The van der Waals surface area contributed by atoms with Crippen LogP contribution in [0.3, 0.4) is 0 Å². The SMILES string of the molecule is COC(=O)CC(NC(=O)C1NNC2CCNCC21)c1ccc(C(F)(F)F)cc1.Cl. The zero-order valence-corrected chi connectivity index (χ0v) is 16.5. The van der Waals surface area contributed by atoms with Gasteiger partial charge in [0, 0.05) is 18.5 Å². The summed E-state index contributed by atoms with van der Waals surface area (Å²) >= 11 is 0. The summed E-state index contributed by atoms with van der Waals surface area (Å²) in [5, 5.41) is 6.03. The first-order valence-electron chi connectivity index (χ1n) is 9.05. The lowest BCUT2D eigenvalue weighted by Gasteiger charge is -2.28. The summed E-state index contributed by atoms with van der Waals surface area (Å²) in [6, 6.07) is 3.27. The Morgan fingerprint density at radius 1 is 1.24 bits per heavy atom. The van der Waals surface area contributed by atoms with E-state index < -0.39 is 29.8 Å². The zero-order valence-electron chi connectivity index (χ0n) is 15.7. The number of carbonyl (C=O) groups excluding carboxylic acids is 2. The Hall–Kier alpha value is -1.88. The highest BCUT2D eigenvalue weighted by atomic mass is 35.5. The highest BCUT2D eigenvalue weighted by Crippen LogP contribution is 2.30. The minimum Gasteiger partial charge on any atom is -0.469 e. The van der Waals surface area contributed by atoms with Crippen LogP contribution in [-0.2, 0) is 20.5 Å². The first-order valence-corrected chi connectivity index (χ1v) is 9.05. The van der Waals surface area contributed by atoms with E-state index in [4.69, 9.17) is 0 Å². The molecule has 0 radical (unpaired) electrons. The molecule has 7 nitrogen and oxygen atoms in total. The summed E-state index contributed by atoms with van der Waals surface area (Å²) in [6.07, 6.45) is -3.76. The molecule has 2 fully saturated rings. The van der Waals surface area contributed by atoms with E-state index in [0.29, 0.717) is 12.1 Å². The van der Waals surface area contributed by atoms with E-state index in [-0.39, 0.29) is 36.7 Å². The van der Waals surface area contributed by atoms with Gasteiger partial charge >= 0.3 is 12.1 Å². The van der Waals surface area contributed by atoms with Gasteiger partial charge in [-0.1, -0.05) is 12.1 Å². The van der Waals surface area contributed by atoms with E-state index in [1.165, 1.54) is 19.2 Å². The molecule has 2 aliphatic rings. The summed E-state index contributed by atoms with van der Waals surface area (Å²) in [4.78, 5) is 24.6. The van der Waals surface area contributed by atoms with Crippen molar-refractivity contribution in [3.05, 3.63) is 35.4 Å². The molecule has 0 spiro atoms. The Morgan fingerprint density at radius 2 is 1.93 bits per heavy atom. The molecule has 0 aromatic heterocycles. The standard InChI is InChI=1S/C18H23F3N4O3.ClH/c1-28-15(26)8-14(10-2-4-11(5-3-10)18(19,20)21)23-17(27)16-12-9-22-7-6-13(12)24-25-16;/h2-5,12-14,16,22,24-25H,6-9H2,1H3,(H,23,27);1H. The minimum atomic E-state index is -4.46. The predicted molar refractivity (Wildman–Crippen MR) is 101 cm³/mol. The van der Waals surface area contributed by atoms with Crippen LogP contribution in [0.15, 0.2) is 24.3 Å². The van der Waals surface area contributed by atoms with Crippen molar-refractivity contribution in [2.24, 2.45) is 5.92 Å². The Kier molecular flexibility index (Phi) is 7.87. The maximum Gasteiger partial charge on any atom is 0.416 e. The van der Waals surface area contributed by atoms with Crippen LogP contribution < -0.4 is 21.5 Å². The van der Waals surface area contributed by atoms with Crippen LogP contribution in [0.2, 0.25) is 0 Å². The number of hydrogen-bond donors (Lipinski definition) is 4. The fourth-order valence-corrected chi connectivity index (χ4v) is 3.64. The Morgan fingerprint density at radius 3 is 2.55 bits per heavy atom. The second-order valence-corrected chi connectivity index (χ2v) is 6.99. The average Bonchev–Trinajstić information content (AvgIpc) is 3.11. The lowest BCUT2D eigenvalue weighted by molar-refractivity contribution is -0.141. The summed E-state index contributed by atoms with van der Waals surface area (Å²) in [5.41, 5.74) is 5.70. The number of nitrogens with one attached hydrogen (secondary N) is 4. The number of carbonyl (C=O) groups is 2. The number of methoxy groups -OCH3 is 1. The van der Waals surface area contributed by atoms with Crippen molar-refractivity contribution >= 4 is 24.3 Å². The summed E-state index contributed by atoms with van der Waals surface area (Å²) in [5.74, 6) is -0.849. The minimum absolute atomic E-state index is 0. The van der Waals surface area contributed by atoms with Crippen molar-refractivity contribution in [2.45, 2.75) is 37.1 Å². The van der Waals surface area contributed by atoms with Gasteiger partial charge in [0.05, 0.1) is 25.1 Å². The van der Waals surface area contributed by atoms with Gasteiger partial charge in [0.25, 0.3) is 0 Å². The van der Waals surface area contributed by atoms with Gasteiger partial charge in [-0.15, -0.1) is 12.4 Å². The van der Waals surface area contributed by atoms with Gasteiger partial charge in [0.15, 0.2) is 0 Å². The first kappa shape index (κ1) is 23.4. The largest absolute Gasteiger partial charge is 0.469 e. The quantitative estimate of drug-likeness (QED) is 0.520. The third kappa shape index (κ3) is 5.59. The molecule has 162 valence electrons. The number of fused-ring (bicyclic) bond motifs is 1. The van der Waals surface area contributed by atoms with Crippen LogP contribution in [0.5, 0.6) is 0 Å². The maximum atomic E-state index is 12.8. The smallest absolute Gasteiger partial charge is 0.416 e. The fraction of sp³-hybridized carbons (Fsp3) is 0.556. The lowest BCUT2D eigenvalue weighted by atomic mass is 9.89. The molecule has 3 rings (SSSR count). The summed E-state index contributed by atoms with van der Waals surface area (Å²) in [7, 11) is 1.22. The van der Waals surface area contributed by atoms with Crippen LogP contribution in [0, 0.1) is 5.92 Å². The van der Waals surface area contributed by atoms with Crippen LogP contribution in [-0.4, -0.2) is 44.2 Å². The number of benzene rings is 1.